The summed E-state index contributed by atoms with van der Waals surface area (Å²) in [6.45, 7) is 0. The van der Waals surface area contributed by atoms with E-state index in [1.807, 2.05) is 0 Å². The summed E-state index contributed by atoms with van der Waals surface area (Å²) >= 11 is 5.23. The third kappa shape index (κ3) is 2.57. The summed E-state index contributed by atoms with van der Waals surface area (Å²) in [5.41, 5.74) is 0. The van der Waals surface area contributed by atoms with Crippen molar-refractivity contribution in [3.63, 3.8) is 0 Å². The molecule has 0 N–H and O–H groups in total. The van der Waals surface area contributed by atoms with Gasteiger partial charge in [-0.15, -0.1) is 0 Å². The van der Waals surface area contributed by atoms with E-state index in [4.69, 9.17) is 0 Å². The molecular formula is C4H2Br2F2. The molecule has 0 fully saturated rings. The molecule has 8 heavy (non-hydrogen) atoms. The highest BCUT2D eigenvalue weighted by atomic mass is 79.9. The van der Waals surface area contributed by atoms with Gasteiger partial charge in [0.1, 0.15) is 0 Å². The van der Waals surface area contributed by atoms with Crippen LogP contribution in [0.4, 0.5) is 8.78 Å². The molecule has 0 amide bonds. The van der Waals surface area contributed by atoms with Crippen LogP contribution >= 0.6 is 31.9 Å². The fourth-order valence-corrected chi connectivity index (χ4v) is 0.542. The van der Waals surface area contributed by atoms with Gasteiger partial charge in [-0.25, -0.2) is 8.78 Å². The van der Waals surface area contributed by atoms with E-state index in [0.717, 1.165) is 9.97 Å². The van der Waals surface area contributed by atoms with Crippen LogP contribution < -0.4 is 0 Å². The number of halogens is 4. The zero-order chi connectivity index (χ0) is 6.57. The minimum absolute atomic E-state index is 0.861. The van der Waals surface area contributed by atoms with Gasteiger partial charge in [0.2, 0.25) is 0 Å². The minimum Gasteiger partial charge on any atom is -0.203 e. The predicted octanol–water partition coefficient (Wildman–Crippen LogP) is 3.40. The molecule has 0 atom stereocenters. The zero-order valence-electron chi connectivity index (χ0n) is 3.67. The highest BCUT2D eigenvalue weighted by Crippen LogP contribution is 2.15. The Morgan fingerprint density at radius 2 is 1.25 bits per heavy atom. The fourth-order valence-electron chi connectivity index (χ4n) is 0.104. The Morgan fingerprint density at radius 1 is 1.00 bits per heavy atom. The summed E-state index contributed by atoms with van der Waals surface area (Å²) in [6, 6.07) is 0. The van der Waals surface area contributed by atoms with Gasteiger partial charge in [0.05, 0.1) is 0 Å². The molecule has 0 bridgehead atoms. The standard InChI is InChI=1S/C4H2Br2F2/c5-1-3(7)4(8)2-6/h1-2H. The van der Waals surface area contributed by atoms with Crippen LogP contribution in [0, 0.1) is 0 Å². The number of hydrogen-bond acceptors (Lipinski definition) is 0. The van der Waals surface area contributed by atoms with Crippen LogP contribution in [-0.4, -0.2) is 0 Å². The first kappa shape index (κ1) is 8.30. The summed E-state index contributed by atoms with van der Waals surface area (Å²) in [7, 11) is 0. The SMILES string of the molecule is FC(=CBr)C(F)=CBr. The first-order valence-corrected chi connectivity index (χ1v) is 3.47. The maximum absolute atomic E-state index is 11.9. The van der Waals surface area contributed by atoms with Gasteiger partial charge in [0.15, 0.2) is 11.7 Å². The summed E-state index contributed by atoms with van der Waals surface area (Å²) in [5, 5.41) is 0. The van der Waals surface area contributed by atoms with Crippen LogP contribution in [0.15, 0.2) is 21.6 Å². The first-order valence-electron chi connectivity index (χ1n) is 1.64. The molecular weight excluding hydrogens is 246 g/mol. The lowest BCUT2D eigenvalue weighted by atomic mass is 10.5. The number of rotatable bonds is 1. The average molecular weight is 248 g/mol. The van der Waals surface area contributed by atoms with E-state index in [1.165, 1.54) is 0 Å². The third-order valence-corrected chi connectivity index (χ3v) is 1.22. The number of hydrogen-bond donors (Lipinski definition) is 0. The van der Waals surface area contributed by atoms with Gasteiger partial charge >= 0.3 is 0 Å². The maximum atomic E-state index is 11.9. The smallest absolute Gasteiger partial charge is 0.166 e. The van der Waals surface area contributed by atoms with Gasteiger partial charge in [-0.1, -0.05) is 31.9 Å². The second-order valence-electron chi connectivity index (χ2n) is 0.914. The molecule has 0 rings (SSSR count). The molecule has 0 aliphatic carbocycles. The van der Waals surface area contributed by atoms with E-state index in [1.54, 1.807) is 0 Å². The molecule has 0 aromatic heterocycles. The van der Waals surface area contributed by atoms with Crippen molar-refractivity contribution in [1.29, 1.82) is 0 Å². The van der Waals surface area contributed by atoms with E-state index in [2.05, 4.69) is 31.9 Å². The van der Waals surface area contributed by atoms with Gasteiger partial charge in [-0.3, -0.25) is 0 Å². The van der Waals surface area contributed by atoms with E-state index in [0.29, 0.717) is 0 Å². The van der Waals surface area contributed by atoms with Crippen LogP contribution in [0.1, 0.15) is 0 Å². The van der Waals surface area contributed by atoms with Crippen molar-refractivity contribution < 1.29 is 8.78 Å². The normalized spacial score (nSPS) is 14.5. The molecule has 0 saturated heterocycles. The van der Waals surface area contributed by atoms with Crippen molar-refractivity contribution in [1.82, 2.24) is 0 Å². The van der Waals surface area contributed by atoms with Crippen molar-refractivity contribution in [3.05, 3.63) is 21.6 Å². The van der Waals surface area contributed by atoms with E-state index >= 15 is 0 Å². The second-order valence-corrected chi connectivity index (χ2v) is 1.83. The molecule has 0 spiro atoms. The quantitative estimate of drug-likeness (QED) is 0.623. The molecule has 0 aromatic rings. The summed E-state index contributed by atoms with van der Waals surface area (Å²) in [4.78, 5) is 1.72. The monoisotopic (exact) mass is 246 g/mol. The van der Waals surface area contributed by atoms with Crippen molar-refractivity contribution in [2.45, 2.75) is 0 Å². The Hall–Kier alpha value is 0.300. The summed E-state index contributed by atoms with van der Waals surface area (Å²) < 4.78 is 23.7. The molecule has 0 unspecified atom stereocenters. The highest BCUT2D eigenvalue weighted by molar-refractivity contribution is 9.11. The van der Waals surface area contributed by atoms with Crippen LogP contribution in [0.3, 0.4) is 0 Å². The van der Waals surface area contributed by atoms with Gasteiger partial charge < -0.3 is 0 Å². The maximum Gasteiger partial charge on any atom is 0.166 e. The van der Waals surface area contributed by atoms with Crippen molar-refractivity contribution in [3.8, 4) is 0 Å². The van der Waals surface area contributed by atoms with E-state index in [9.17, 15) is 8.78 Å². The lowest BCUT2D eigenvalue weighted by Crippen LogP contribution is -1.67. The molecule has 0 saturated carbocycles. The highest BCUT2D eigenvalue weighted by Gasteiger charge is 1.97. The molecule has 0 aromatic carbocycles. The Morgan fingerprint density at radius 3 is 1.38 bits per heavy atom. The predicted molar refractivity (Wildman–Crippen MR) is 36.2 cm³/mol. The first-order chi connectivity index (χ1) is 3.72. The van der Waals surface area contributed by atoms with Gasteiger partial charge in [0, 0.05) is 9.97 Å². The Kier molecular flexibility index (Phi) is 4.36. The van der Waals surface area contributed by atoms with Crippen molar-refractivity contribution in [2.75, 3.05) is 0 Å². The van der Waals surface area contributed by atoms with E-state index in [-0.39, 0.29) is 0 Å². The molecule has 4 heteroatoms. The van der Waals surface area contributed by atoms with Crippen LogP contribution in [0.5, 0.6) is 0 Å². The van der Waals surface area contributed by atoms with Crippen molar-refractivity contribution >= 4 is 31.9 Å². The van der Waals surface area contributed by atoms with Crippen molar-refractivity contribution in [2.24, 2.45) is 0 Å². The zero-order valence-corrected chi connectivity index (χ0v) is 6.84. The fraction of sp³-hybridized carbons (Fsp3) is 0. The molecule has 46 valence electrons. The minimum atomic E-state index is -0.929. The van der Waals surface area contributed by atoms with Gasteiger partial charge in [-0.2, -0.15) is 0 Å². The Bertz CT molecular complexity index is 112. The molecule has 0 aliphatic rings. The second kappa shape index (κ2) is 4.21. The van der Waals surface area contributed by atoms with Crippen LogP contribution in [0.2, 0.25) is 0 Å². The molecule has 0 aliphatic heterocycles. The van der Waals surface area contributed by atoms with Crippen LogP contribution in [0.25, 0.3) is 0 Å². The number of allylic oxidation sites excluding steroid dienone is 2. The van der Waals surface area contributed by atoms with Gasteiger partial charge in [-0.05, 0) is 0 Å². The van der Waals surface area contributed by atoms with Gasteiger partial charge in [0.25, 0.3) is 0 Å². The largest absolute Gasteiger partial charge is 0.203 e. The van der Waals surface area contributed by atoms with E-state index < -0.39 is 11.7 Å². The lowest BCUT2D eigenvalue weighted by molar-refractivity contribution is 0.549. The molecule has 0 heterocycles. The summed E-state index contributed by atoms with van der Waals surface area (Å²) in [5.74, 6) is -1.86. The Labute approximate surface area is 62.5 Å². The third-order valence-electron chi connectivity index (χ3n) is 0.420. The average Bonchev–Trinajstić information content (AvgIpc) is 1.84. The van der Waals surface area contributed by atoms with Crippen LogP contribution in [-0.2, 0) is 0 Å². The molecule has 0 radical (unpaired) electrons. The molecule has 0 nitrogen and oxygen atoms in total. The summed E-state index contributed by atoms with van der Waals surface area (Å²) in [6.07, 6.45) is 0. The topological polar surface area (TPSA) is 0 Å². The Balaban J connectivity index is 4.04. The lowest BCUT2D eigenvalue weighted by Gasteiger charge is -1.83.